The van der Waals surface area contributed by atoms with Gasteiger partial charge in [-0.25, -0.2) is 9.48 Å². The quantitative estimate of drug-likeness (QED) is 0.535. The maximum Gasteiger partial charge on any atom is 0.319 e. The molecular weight excluding hydrogens is 370 g/mol. The average molecular weight is 391 g/mol. The minimum absolute atomic E-state index is 0.170. The topological polar surface area (TPSA) is 114 Å². The van der Waals surface area contributed by atoms with Crippen LogP contribution in [0.5, 0.6) is 0 Å². The van der Waals surface area contributed by atoms with Crippen molar-refractivity contribution in [1.29, 1.82) is 0 Å². The van der Waals surface area contributed by atoms with E-state index < -0.39 is 0 Å². The number of nitrogens with one attached hydrogen (secondary N) is 3. The molecule has 0 atom stereocenters. The predicted octanol–water partition coefficient (Wildman–Crippen LogP) is 2.23. The van der Waals surface area contributed by atoms with Gasteiger partial charge in [-0.05, 0) is 59.7 Å². The maximum absolute atomic E-state index is 12.0. The molecule has 1 aliphatic rings. The Morgan fingerprint density at radius 2 is 1.69 bits per heavy atom. The fraction of sp³-hybridized carbons (Fsp3) is 0.250. The van der Waals surface area contributed by atoms with Crippen LogP contribution in [-0.4, -0.2) is 45.2 Å². The molecule has 2 aromatic carbocycles. The summed E-state index contributed by atoms with van der Waals surface area (Å²) in [6.07, 6.45) is 2.20. The SMILES string of the molecule is O=C(NCCNC(=O)c1ccccc1)Nc1ccc(-c2nnnn2C2CC2)cc1. The number of rotatable bonds is 7. The Balaban J connectivity index is 1.22. The minimum atomic E-state index is -0.338. The molecule has 0 bridgehead atoms. The number of hydrogen-bond acceptors (Lipinski definition) is 5. The predicted molar refractivity (Wildman–Crippen MR) is 107 cm³/mol. The second-order valence-electron chi connectivity index (χ2n) is 6.76. The molecule has 1 aromatic heterocycles. The number of tetrazole rings is 1. The van der Waals surface area contributed by atoms with Crippen molar-refractivity contribution in [3.8, 4) is 11.4 Å². The van der Waals surface area contributed by atoms with Crippen LogP contribution in [0.15, 0.2) is 54.6 Å². The molecule has 1 aliphatic carbocycles. The van der Waals surface area contributed by atoms with Crippen molar-refractivity contribution in [2.24, 2.45) is 0 Å². The second kappa shape index (κ2) is 8.51. The van der Waals surface area contributed by atoms with Crippen LogP contribution in [0, 0.1) is 0 Å². The molecule has 0 saturated heterocycles. The van der Waals surface area contributed by atoms with Gasteiger partial charge in [-0.15, -0.1) is 5.10 Å². The van der Waals surface area contributed by atoms with E-state index in [1.807, 2.05) is 22.9 Å². The third kappa shape index (κ3) is 4.75. The smallest absolute Gasteiger partial charge is 0.319 e. The van der Waals surface area contributed by atoms with Gasteiger partial charge in [0.2, 0.25) is 0 Å². The van der Waals surface area contributed by atoms with Crippen molar-refractivity contribution in [3.05, 3.63) is 60.2 Å². The molecule has 9 nitrogen and oxygen atoms in total. The summed E-state index contributed by atoms with van der Waals surface area (Å²) in [5.41, 5.74) is 2.14. The van der Waals surface area contributed by atoms with Crippen LogP contribution >= 0.6 is 0 Å². The maximum atomic E-state index is 12.0. The first-order valence-corrected chi connectivity index (χ1v) is 9.47. The van der Waals surface area contributed by atoms with Gasteiger partial charge in [0.05, 0.1) is 6.04 Å². The summed E-state index contributed by atoms with van der Waals surface area (Å²) < 4.78 is 1.85. The van der Waals surface area contributed by atoms with Gasteiger partial charge in [0, 0.05) is 29.9 Å². The number of amides is 3. The zero-order valence-electron chi connectivity index (χ0n) is 15.7. The molecule has 1 fully saturated rings. The third-order valence-electron chi connectivity index (χ3n) is 4.52. The van der Waals surface area contributed by atoms with E-state index in [9.17, 15) is 9.59 Å². The lowest BCUT2D eigenvalue weighted by Crippen LogP contribution is -2.36. The van der Waals surface area contributed by atoms with E-state index in [2.05, 4.69) is 31.5 Å². The zero-order chi connectivity index (χ0) is 20.1. The van der Waals surface area contributed by atoms with E-state index in [1.54, 1.807) is 36.4 Å². The average Bonchev–Trinajstić information content (AvgIpc) is 3.48. The Morgan fingerprint density at radius 3 is 2.41 bits per heavy atom. The van der Waals surface area contributed by atoms with Crippen LogP contribution in [0.25, 0.3) is 11.4 Å². The van der Waals surface area contributed by atoms with Crippen LogP contribution in [-0.2, 0) is 0 Å². The van der Waals surface area contributed by atoms with Crippen molar-refractivity contribution in [1.82, 2.24) is 30.8 Å². The van der Waals surface area contributed by atoms with E-state index in [1.165, 1.54) is 0 Å². The molecule has 9 heteroatoms. The lowest BCUT2D eigenvalue weighted by molar-refractivity contribution is 0.0954. The van der Waals surface area contributed by atoms with E-state index in [0.717, 1.165) is 24.2 Å². The van der Waals surface area contributed by atoms with Gasteiger partial charge in [0.1, 0.15) is 0 Å². The summed E-state index contributed by atoms with van der Waals surface area (Å²) in [7, 11) is 0. The Bertz CT molecular complexity index is 982. The highest BCUT2D eigenvalue weighted by Crippen LogP contribution is 2.36. The summed E-state index contributed by atoms with van der Waals surface area (Å²) in [6.45, 7) is 0.655. The summed E-state index contributed by atoms with van der Waals surface area (Å²) in [5.74, 6) is 0.564. The largest absolute Gasteiger partial charge is 0.350 e. The summed E-state index contributed by atoms with van der Waals surface area (Å²) in [6, 6.07) is 16.3. The Labute approximate surface area is 167 Å². The van der Waals surface area contributed by atoms with Crippen LogP contribution in [0.4, 0.5) is 10.5 Å². The molecule has 4 rings (SSSR count). The number of aromatic nitrogens is 4. The summed E-state index contributed by atoms with van der Waals surface area (Å²) in [5, 5.41) is 20.1. The molecular formula is C20H21N7O2. The Hall–Kier alpha value is -3.75. The van der Waals surface area contributed by atoms with Crippen LogP contribution in [0.1, 0.15) is 29.2 Å². The number of urea groups is 1. The normalized spacial score (nSPS) is 13.0. The fourth-order valence-electron chi connectivity index (χ4n) is 2.87. The van der Waals surface area contributed by atoms with Crippen molar-refractivity contribution < 1.29 is 9.59 Å². The van der Waals surface area contributed by atoms with Gasteiger partial charge in [0.25, 0.3) is 5.91 Å². The lowest BCUT2D eigenvalue weighted by Gasteiger charge is -2.09. The minimum Gasteiger partial charge on any atom is -0.350 e. The molecule has 29 heavy (non-hydrogen) atoms. The second-order valence-corrected chi connectivity index (χ2v) is 6.76. The van der Waals surface area contributed by atoms with E-state index in [-0.39, 0.29) is 11.9 Å². The number of anilines is 1. The monoisotopic (exact) mass is 391 g/mol. The van der Waals surface area contributed by atoms with Gasteiger partial charge >= 0.3 is 6.03 Å². The standard InChI is InChI=1S/C20H21N7O2/c28-19(15-4-2-1-3-5-15)21-12-13-22-20(29)23-16-8-6-14(7-9-16)18-24-25-26-27(18)17-10-11-17/h1-9,17H,10-13H2,(H,21,28)(H2,22,23,29). The number of nitrogens with zero attached hydrogens (tertiary/aromatic N) is 4. The van der Waals surface area contributed by atoms with Crippen LogP contribution in [0.3, 0.4) is 0 Å². The molecule has 0 spiro atoms. The molecule has 1 heterocycles. The number of carbonyl (C=O) groups excluding carboxylic acids is 2. The molecule has 148 valence electrons. The van der Waals surface area contributed by atoms with Crippen LogP contribution < -0.4 is 16.0 Å². The van der Waals surface area contributed by atoms with E-state index in [0.29, 0.717) is 30.4 Å². The number of hydrogen-bond donors (Lipinski definition) is 3. The highest BCUT2D eigenvalue weighted by molar-refractivity contribution is 5.94. The van der Waals surface area contributed by atoms with Crippen molar-refractivity contribution in [2.45, 2.75) is 18.9 Å². The Morgan fingerprint density at radius 1 is 0.966 bits per heavy atom. The molecule has 3 aromatic rings. The van der Waals surface area contributed by atoms with Gasteiger partial charge in [-0.1, -0.05) is 18.2 Å². The van der Waals surface area contributed by atoms with Gasteiger partial charge in [-0.3, -0.25) is 4.79 Å². The number of benzene rings is 2. The first kappa shape index (κ1) is 18.6. The van der Waals surface area contributed by atoms with Crippen molar-refractivity contribution >= 4 is 17.6 Å². The van der Waals surface area contributed by atoms with Crippen LogP contribution in [0.2, 0.25) is 0 Å². The van der Waals surface area contributed by atoms with Crippen molar-refractivity contribution in [2.75, 3.05) is 18.4 Å². The third-order valence-corrected chi connectivity index (χ3v) is 4.52. The molecule has 1 saturated carbocycles. The van der Waals surface area contributed by atoms with E-state index >= 15 is 0 Å². The molecule has 0 radical (unpaired) electrons. The van der Waals surface area contributed by atoms with Crippen molar-refractivity contribution in [3.63, 3.8) is 0 Å². The Kier molecular flexibility index (Phi) is 5.46. The molecule has 0 unspecified atom stereocenters. The number of carbonyl (C=O) groups is 2. The first-order valence-electron chi connectivity index (χ1n) is 9.47. The molecule has 3 N–H and O–H groups in total. The van der Waals surface area contributed by atoms with Gasteiger partial charge in [0.15, 0.2) is 5.82 Å². The molecule has 0 aliphatic heterocycles. The zero-order valence-corrected chi connectivity index (χ0v) is 15.7. The highest BCUT2D eigenvalue weighted by Gasteiger charge is 2.28. The van der Waals surface area contributed by atoms with Gasteiger partial charge < -0.3 is 16.0 Å². The lowest BCUT2D eigenvalue weighted by atomic mass is 10.2. The summed E-state index contributed by atoms with van der Waals surface area (Å²) in [4.78, 5) is 23.9. The van der Waals surface area contributed by atoms with Gasteiger partial charge in [-0.2, -0.15) is 0 Å². The first-order chi connectivity index (χ1) is 14.2. The van der Waals surface area contributed by atoms with E-state index in [4.69, 9.17) is 0 Å². The summed E-state index contributed by atoms with van der Waals surface area (Å²) >= 11 is 0. The molecule has 3 amide bonds. The fourth-order valence-corrected chi connectivity index (χ4v) is 2.87. The highest BCUT2D eigenvalue weighted by atomic mass is 16.2.